The Balaban J connectivity index is 1.84. The summed E-state index contributed by atoms with van der Waals surface area (Å²) in [4.78, 5) is 12.0. The Labute approximate surface area is 196 Å². The lowest BCUT2D eigenvalue weighted by Gasteiger charge is -2.34. The molecule has 0 radical (unpaired) electrons. The minimum Gasteiger partial charge on any atom is -0.381 e. The molecule has 0 atom stereocenters. The first-order chi connectivity index (χ1) is 16.2. The fourth-order valence-corrected chi connectivity index (χ4v) is 5.79. The average molecular weight is 525 g/mol. The number of halogens is 6. The summed E-state index contributed by atoms with van der Waals surface area (Å²) in [6, 6.07) is 8.10. The smallest absolute Gasteiger partial charge is 0.381 e. The quantitative estimate of drug-likeness (QED) is 0.317. The molecule has 3 rings (SSSR count). The Bertz CT molecular complexity index is 1180. The number of nitrogens with one attached hydrogen (secondary N) is 1. The number of benzene rings is 2. The maximum Gasteiger partial charge on any atom is 0.453 e. The van der Waals surface area contributed by atoms with Crippen LogP contribution in [-0.2, 0) is 25.8 Å². The third-order valence-electron chi connectivity index (χ3n) is 5.98. The molecular formula is C22H21F6NO5S. The number of rotatable bonds is 7. The highest BCUT2D eigenvalue weighted by Gasteiger charge is 2.56. The van der Waals surface area contributed by atoms with Gasteiger partial charge in [-0.3, -0.25) is 10.0 Å². The fourth-order valence-electron chi connectivity index (χ4n) is 3.85. The highest BCUT2D eigenvalue weighted by molar-refractivity contribution is 7.93. The molecule has 13 heteroatoms. The molecule has 0 aliphatic carbocycles. The number of aryl methyl sites for hydroxylation is 1. The molecule has 1 fully saturated rings. The van der Waals surface area contributed by atoms with Gasteiger partial charge >= 0.3 is 12.1 Å². The van der Waals surface area contributed by atoms with Gasteiger partial charge in [-0.1, -0.05) is 24.3 Å². The zero-order valence-corrected chi connectivity index (χ0v) is 18.9. The number of carbonyl (C=O) groups excluding carboxylic acids is 1. The van der Waals surface area contributed by atoms with E-state index in [1.54, 1.807) is 0 Å². The lowest BCUT2D eigenvalue weighted by atomic mass is 9.98. The van der Waals surface area contributed by atoms with Crippen LogP contribution in [0.25, 0.3) is 11.1 Å². The zero-order chi connectivity index (χ0) is 26.1. The van der Waals surface area contributed by atoms with E-state index in [1.807, 2.05) is 0 Å². The van der Waals surface area contributed by atoms with E-state index in [-0.39, 0.29) is 47.6 Å². The van der Waals surface area contributed by atoms with Crippen LogP contribution >= 0.6 is 0 Å². The summed E-state index contributed by atoms with van der Waals surface area (Å²) in [6.45, 7) is -0.0333. The molecule has 1 aliphatic heterocycles. The van der Waals surface area contributed by atoms with Crippen molar-refractivity contribution >= 4 is 15.7 Å². The first-order valence-electron chi connectivity index (χ1n) is 10.4. The number of hydroxylamine groups is 1. The van der Waals surface area contributed by atoms with E-state index in [0.717, 1.165) is 18.2 Å². The monoisotopic (exact) mass is 525 g/mol. The Kier molecular flexibility index (Phi) is 7.53. The van der Waals surface area contributed by atoms with Gasteiger partial charge in [0.2, 0.25) is 0 Å². The number of amides is 1. The standard InChI is InChI=1S/C22H21F6NO5S/c23-18-13-14(7-8-21(24,25)22(26,27)28)1-6-17(18)15-2-4-16(5-3-15)35(32,33)20(19(30)29-31)9-11-34-12-10-20/h1-6,13,31H,7-12H2,(H,29,30). The van der Waals surface area contributed by atoms with Gasteiger partial charge in [0.15, 0.2) is 14.6 Å². The summed E-state index contributed by atoms with van der Waals surface area (Å²) in [5.41, 5.74) is 1.51. The first-order valence-corrected chi connectivity index (χ1v) is 11.8. The van der Waals surface area contributed by atoms with Crippen LogP contribution in [0.4, 0.5) is 26.3 Å². The number of alkyl halides is 5. The molecule has 1 aliphatic rings. The highest BCUT2D eigenvalue weighted by atomic mass is 32.2. The Morgan fingerprint density at radius 1 is 1.03 bits per heavy atom. The molecule has 2 N–H and O–H groups in total. The molecule has 0 aromatic heterocycles. The predicted molar refractivity (Wildman–Crippen MR) is 111 cm³/mol. The van der Waals surface area contributed by atoms with E-state index in [9.17, 15) is 39.6 Å². The third kappa shape index (κ3) is 5.16. The number of carbonyl (C=O) groups is 1. The van der Waals surface area contributed by atoms with Crippen molar-refractivity contribution in [1.29, 1.82) is 0 Å². The summed E-state index contributed by atoms with van der Waals surface area (Å²) in [5, 5.41) is 9.09. The van der Waals surface area contributed by atoms with Gasteiger partial charge in [0.1, 0.15) is 5.82 Å². The summed E-state index contributed by atoms with van der Waals surface area (Å²) in [7, 11) is -4.29. The van der Waals surface area contributed by atoms with E-state index in [1.165, 1.54) is 29.7 Å². The van der Waals surface area contributed by atoms with Crippen molar-refractivity contribution in [3.63, 3.8) is 0 Å². The summed E-state index contributed by atoms with van der Waals surface area (Å²) < 4.78 is 107. The van der Waals surface area contributed by atoms with Crippen LogP contribution in [0, 0.1) is 5.82 Å². The minimum absolute atomic E-state index is 0.0167. The van der Waals surface area contributed by atoms with Crippen LogP contribution in [0.1, 0.15) is 24.8 Å². The number of hydrogen-bond donors (Lipinski definition) is 2. The van der Waals surface area contributed by atoms with Crippen LogP contribution in [0.3, 0.4) is 0 Å². The van der Waals surface area contributed by atoms with E-state index >= 15 is 0 Å². The molecule has 1 amide bonds. The average Bonchev–Trinajstić information content (AvgIpc) is 2.82. The predicted octanol–water partition coefficient (Wildman–Crippen LogP) is 4.45. The third-order valence-corrected chi connectivity index (χ3v) is 8.50. The summed E-state index contributed by atoms with van der Waals surface area (Å²) in [5.74, 6) is -6.89. The lowest BCUT2D eigenvalue weighted by Crippen LogP contribution is -2.54. The van der Waals surface area contributed by atoms with Gasteiger partial charge in [0.05, 0.1) is 4.90 Å². The summed E-state index contributed by atoms with van der Waals surface area (Å²) in [6.07, 6.45) is -8.32. The highest BCUT2D eigenvalue weighted by Crippen LogP contribution is 2.39. The molecule has 0 spiro atoms. The molecule has 2 aromatic rings. The van der Waals surface area contributed by atoms with Crippen molar-refractivity contribution in [1.82, 2.24) is 5.48 Å². The van der Waals surface area contributed by atoms with Crippen molar-refractivity contribution in [2.75, 3.05) is 13.2 Å². The molecule has 1 heterocycles. The maximum absolute atomic E-state index is 14.6. The number of sulfone groups is 1. The number of hydrogen-bond acceptors (Lipinski definition) is 5. The molecule has 0 bridgehead atoms. The van der Waals surface area contributed by atoms with Crippen LogP contribution < -0.4 is 5.48 Å². The fraction of sp³-hybridized carbons (Fsp3) is 0.409. The summed E-state index contributed by atoms with van der Waals surface area (Å²) >= 11 is 0. The van der Waals surface area contributed by atoms with Gasteiger partial charge in [-0.2, -0.15) is 22.0 Å². The van der Waals surface area contributed by atoms with E-state index in [4.69, 9.17) is 9.94 Å². The molecular weight excluding hydrogens is 504 g/mol. The Hall–Kier alpha value is -2.64. The van der Waals surface area contributed by atoms with Gasteiger partial charge < -0.3 is 4.74 Å². The molecule has 1 saturated heterocycles. The molecule has 35 heavy (non-hydrogen) atoms. The Morgan fingerprint density at radius 2 is 1.63 bits per heavy atom. The van der Waals surface area contributed by atoms with Crippen molar-refractivity contribution in [3.8, 4) is 11.1 Å². The zero-order valence-electron chi connectivity index (χ0n) is 18.0. The van der Waals surface area contributed by atoms with Crippen LogP contribution in [-0.4, -0.2) is 49.6 Å². The largest absolute Gasteiger partial charge is 0.453 e. The molecule has 2 aromatic carbocycles. The van der Waals surface area contributed by atoms with E-state index in [0.29, 0.717) is 0 Å². The molecule has 0 saturated carbocycles. The van der Waals surface area contributed by atoms with Gasteiger partial charge in [0.25, 0.3) is 5.91 Å². The second-order valence-corrected chi connectivity index (χ2v) is 10.4. The van der Waals surface area contributed by atoms with Gasteiger partial charge in [0, 0.05) is 25.2 Å². The second kappa shape index (κ2) is 9.78. The normalized spacial score (nSPS) is 16.7. The van der Waals surface area contributed by atoms with Gasteiger partial charge in [-0.25, -0.2) is 18.3 Å². The van der Waals surface area contributed by atoms with Gasteiger partial charge in [-0.05, 0) is 48.6 Å². The van der Waals surface area contributed by atoms with E-state index in [2.05, 4.69) is 0 Å². The second-order valence-electron chi connectivity index (χ2n) is 8.09. The van der Waals surface area contributed by atoms with Gasteiger partial charge in [-0.15, -0.1) is 0 Å². The molecule has 0 unspecified atom stereocenters. The lowest BCUT2D eigenvalue weighted by molar-refractivity contribution is -0.284. The van der Waals surface area contributed by atoms with Crippen molar-refractivity contribution in [3.05, 3.63) is 53.8 Å². The molecule has 6 nitrogen and oxygen atoms in total. The van der Waals surface area contributed by atoms with Crippen molar-refractivity contribution in [2.45, 2.75) is 47.4 Å². The number of ether oxygens (including phenoxy) is 1. The minimum atomic E-state index is -5.70. The van der Waals surface area contributed by atoms with Crippen molar-refractivity contribution < 1.29 is 49.5 Å². The molecule has 192 valence electrons. The van der Waals surface area contributed by atoms with E-state index < -0.39 is 51.2 Å². The SMILES string of the molecule is O=C(NO)C1(S(=O)(=O)c2ccc(-c3ccc(CCC(F)(F)C(F)(F)F)cc3F)cc2)CCOCC1. The maximum atomic E-state index is 14.6. The van der Waals surface area contributed by atoms with Crippen LogP contribution in [0.15, 0.2) is 47.4 Å². The van der Waals surface area contributed by atoms with Crippen molar-refractivity contribution in [2.24, 2.45) is 0 Å². The topological polar surface area (TPSA) is 92.7 Å². The first kappa shape index (κ1) is 27.0. The van der Waals surface area contributed by atoms with Crippen LogP contribution in [0.5, 0.6) is 0 Å². The Morgan fingerprint density at radius 3 is 2.14 bits per heavy atom. The van der Waals surface area contributed by atoms with Crippen LogP contribution in [0.2, 0.25) is 0 Å².